The third-order valence-corrected chi connectivity index (χ3v) is 3.36. The largest absolute Gasteiger partial charge is 0.480 e. The van der Waals surface area contributed by atoms with E-state index in [0.717, 1.165) is 0 Å². The van der Waals surface area contributed by atoms with Gasteiger partial charge in [0.2, 0.25) is 0 Å². The molecule has 0 aliphatic carbocycles. The number of amides is 1. The molecule has 1 unspecified atom stereocenters. The molecule has 0 fully saturated rings. The number of nitrogens with one attached hydrogen (secondary N) is 2. The second-order valence-corrected chi connectivity index (χ2v) is 5.01. The molecular formula is C14H20N2O4. The zero-order valence-electron chi connectivity index (χ0n) is 12.1. The fourth-order valence-electron chi connectivity index (χ4n) is 2.03. The van der Waals surface area contributed by atoms with Crippen molar-refractivity contribution in [2.75, 3.05) is 0 Å². The molecule has 0 saturated heterocycles. The van der Waals surface area contributed by atoms with Crippen LogP contribution in [0.15, 0.2) is 10.9 Å². The van der Waals surface area contributed by atoms with Crippen molar-refractivity contribution >= 4 is 11.9 Å². The van der Waals surface area contributed by atoms with Crippen molar-refractivity contribution in [3.63, 3.8) is 0 Å². The summed E-state index contributed by atoms with van der Waals surface area (Å²) in [5.74, 6) is -1.98. The molecule has 110 valence electrons. The van der Waals surface area contributed by atoms with Crippen molar-refractivity contribution < 1.29 is 14.7 Å². The van der Waals surface area contributed by atoms with Gasteiger partial charge in [-0.05, 0) is 31.4 Å². The Morgan fingerprint density at radius 3 is 2.45 bits per heavy atom. The number of pyridine rings is 1. The van der Waals surface area contributed by atoms with Gasteiger partial charge in [0.1, 0.15) is 11.6 Å². The SMILES string of the molecule is CCC(C)[C@H](NC(=O)c1c(C)cc(C)[nH]c1=O)C(=O)O. The summed E-state index contributed by atoms with van der Waals surface area (Å²) in [5.41, 5.74) is 0.635. The van der Waals surface area contributed by atoms with Crippen LogP contribution < -0.4 is 10.9 Å². The van der Waals surface area contributed by atoms with Gasteiger partial charge in [-0.1, -0.05) is 20.3 Å². The third-order valence-electron chi connectivity index (χ3n) is 3.36. The van der Waals surface area contributed by atoms with E-state index in [-0.39, 0.29) is 11.5 Å². The molecule has 20 heavy (non-hydrogen) atoms. The van der Waals surface area contributed by atoms with Crippen molar-refractivity contribution in [2.24, 2.45) is 5.92 Å². The van der Waals surface area contributed by atoms with Gasteiger partial charge in [-0.3, -0.25) is 9.59 Å². The Balaban J connectivity index is 3.07. The molecule has 2 atom stereocenters. The van der Waals surface area contributed by atoms with E-state index in [0.29, 0.717) is 17.7 Å². The van der Waals surface area contributed by atoms with Crippen molar-refractivity contribution in [2.45, 2.75) is 40.2 Å². The first-order chi connectivity index (χ1) is 9.27. The molecule has 0 aromatic carbocycles. The van der Waals surface area contributed by atoms with Crippen LogP contribution in [0.5, 0.6) is 0 Å². The number of H-pyrrole nitrogens is 1. The molecule has 1 aromatic heterocycles. The summed E-state index contributed by atoms with van der Waals surface area (Å²) in [6, 6.07) is 0.669. The van der Waals surface area contributed by atoms with Crippen molar-refractivity contribution in [3.05, 3.63) is 33.2 Å². The second-order valence-electron chi connectivity index (χ2n) is 5.01. The molecule has 1 aromatic rings. The van der Waals surface area contributed by atoms with E-state index in [1.54, 1.807) is 26.8 Å². The summed E-state index contributed by atoms with van der Waals surface area (Å²) in [7, 11) is 0. The minimum absolute atomic E-state index is 0.0369. The summed E-state index contributed by atoms with van der Waals surface area (Å²) >= 11 is 0. The minimum Gasteiger partial charge on any atom is -0.480 e. The topological polar surface area (TPSA) is 99.3 Å². The van der Waals surface area contributed by atoms with Gasteiger partial charge < -0.3 is 15.4 Å². The van der Waals surface area contributed by atoms with Crippen LogP contribution in [-0.4, -0.2) is 28.0 Å². The zero-order chi connectivity index (χ0) is 15.4. The number of aliphatic carboxylic acids is 1. The fraction of sp³-hybridized carbons (Fsp3) is 0.500. The monoisotopic (exact) mass is 280 g/mol. The highest BCUT2D eigenvalue weighted by molar-refractivity contribution is 5.97. The quantitative estimate of drug-likeness (QED) is 0.755. The number of aryl methyl sites for hydroxylation is 2. The van der Waals surface area contributed by atoms with Crippen LogP contribution in [0.25, 0.3) is 0 Å². The maximum absolute atomic E-state index is 12.1. The number of carboxylic acid groups (broad SMARTS) is 1. The lowest BCUT2D eigenvalue weighted by Crippen LogP contribution is -2.46. The van der Waals surface area contributed by atoms with Crippen molar-refractivity contribution in [1.29, 1.82) is 0 Å². The molecule has 6 heteroatoms. The molecule has 1 amide bonds. The smallest absolute Gasteiger partial charge is 0.326 e. The molecule has 0 aliphatic rings. The summed E-state index contributed by atoms with van der Waals surface area (Å²) < 4.78 is 0. The van der Waals surface area contributed by atoms with E-state index < -0.39 is 23.5 Å². The number of aromatic amines is 1. The lowest BCUT2D eigenvalue weighted by molar-refractivity contribution is -0.140. The highest BCUT2D eigenvalue weighted by atomic mass is 16.4. The van der Waals surface area contributed by atoms with E-state index >= 15 is 0 Å². The summed E-state index contributed by atoms with van der Waals surface area (Å²) in [6.45, 7) is 6.95. The number of rotatable bonds is 5. The maximum atomic E-state index is 12.1. The van der Waals surface area contributed by atoms with Gasteiger partial charge in [0, 0.05) is 5.69 Å². The van der Waals surface area contributed by atoms with E-state index in [9.17, 15) is 14.4 Å². The number of carbonyl (C=O) groups excluding carboxylic acids is 1. The lowest BCUT2D eigenvalue weighted by atomic mass is 9.98. The number of hydrogen-bond donors (Lipinski definition) is 3. The minimum atomic E-state index is -1.10. The highest BCUT2D eigenvalue weighted by Crippen LogP contribution is 2.10. The summed E-state index contributed by atoms with van der Waals surface area (Å²) in [5, 5.41) is 11.6. The Morgan fingerprint density at radius 1 is 1.40 bits per heavy atom. The molecule has 1 heterocycles. The van der Waals surface area contributed by atoms with Crippen LogP contribution in [0.1, 0.15) is 41.9 Å². The van der Waals surface area contributed by atoms with Crippen molar-refractivity contribution in [3.8, 4) is 0 Å². The first-order valence-corrected chi connectivity index (χ1v) is 6.52. The van der Waals surface area contributed by atoms with Crippen LogP contribution in [0, 0.1) is 19.8 Å². The Hall–Kier alpha value is -2.11. The number of hydrogen-bond acceptors (Lipinski definition) is 3. The van der Waals surface area contributed by atoms with Gasteiger partial charge in [0.05, 0.1) is 0 Å². The summed E-state index contributed by atoms with van der Waals surface area (Å²) in [6.07, 6.45) is 0.612. The zero-order valence-corrected chi connectivity index (χ0v) is 12.1. The normalized spacial score (nSPS) is 13.6. The van der Waals surface area contributed by atoms with Gasteiger partial charge in [-0.15, -0.1) is 0 Å². The van der Waals surface area contributed by atoms with E-state index in [1.807, 2.05) is 6.92 Å². The van der Waals surface area contributed by atoms with Gasteiger partial charge in [-0.25, -0.2) is 4.79 Å². The molecule has 0 spiro atoms. The van der Waals surface area contributed by atoms with Crippen LogP contribution >= 0.6 is 0 Å². The molecular weight excluding hydrogens is 260 g/mol. The number of carbonyl (C=O) groups is 2. The van der Waals surface area contributed by atoms with Crippen LogP contribution in [0.4, 0.5) is 0 Å². The van der Waals surface area contributed by atoms with Crippen LogP contribution in [-0.2, 0) is 4.79 Å². The second kappa shape index (κ2) is 6.36. The first kappa shape index (κ1) is 15.9. The fourth-order valence-corrected chi connectivity index (χ4v) is 2.03. The highest BCUT2D eigenvalue weighted by Gasteiger charge is 2.27. The van der Waals surface area contributed by atoms with Crippen molar-refractivity contribution in [1.82, 2.24) is 10.3 Å². The molecule has 0 radical (unpaired) electrons. The van der Waals surface area contributed by atoms with Gasteiger partial charge in [0.15, 0.2) is 0 Å². The average Bonchev–Trinajstić information content (AvgIpc) is 2.33. The van der Waals surface area contributed by atoms with Gasteiger partial charge >= 0.3 is 5.97 Å². The molecule has 1 rings (SSSR count). The Morgan fingerprint density at radius 2 is 2.00 bits per heavy atom. The molecule has 0 saturated carbocycles. The maximum Gasteiger partial charge on any atom is 0.326 e. The van der Waals surface area contributed by atoms with Gasteiger partial charge in [-0.2, -0.15) is 0 Å². The van der Waals surface area contributed by atoms with Crippen LogP contribution in [0.2, 0.25) is 0 Å². The number of carboxylic acids is 1. The Kier molecular flexibility index (Phi) is 5.07. The van der Waals surface area contributed by atoms with Crippen LogP contribution in [0.3, 0.4) is 0 Å². The van der Waals surface area contributed by atoms with E-state index in [1.165, 1.54) is 0 Å². The molecule has 6 nitrogen and oxygen atoms in total. The molecule has 0 bridgehead atoms. The lowest BCUT2D eigenvalue weighted by Gasteiger charge is -2.20. The predicted octanol–water partition coefficient (Wildman–Crippen LogP) is 1.22. The van der Waals surface area contributed by atoms with E-state index in [4.69, 9.17) is 5.11 Å². The first-order valence-electron chi connectivity index (χ1n) is 6.52. The third kappa shape index (κ3) is 3.46. The molecule has 0 aliphatic heterocycles. The Bertz CT molecular complexity index is 577. The standard InChI is InChI=1S/C14H20N2O4/c1-5-7(2)11(14(19)20)16-13(18)10-8(3)6-9(4)15-12(10)17/h6-7,11H,5H2,1-4H3,(H,15,17)(H,16,18)(H,19,20)/t7?,11-/m0/s1. The van der Waals surface area contributed by atoms with Gasteiger partial charge in [0.25, 0.3) is 11.5 Å². The molecule has 3 N–H and O–H groups in total. The average molecular weight is 280 g/mol. The number of aromatic nitrogens is 1. The Labute approximate surface area is 117 Å². The summed E-state index contributed by atoms with van der Waals surface area (Å²) in [4.78, 5) is 37.7. The van der Waals surface area contributed by atoms with E-state index in [2.05, 4.69) is 10.3 Å². The predicted molar refractivity (Wildman–Crippen MR) is 74.9 cm³/mol.